The Hall–Kier alpha value is -3.74. The van der Waals surface area contributed by atoms with E-state index >= 15 is 0 Å². The predicted molar refractivity (Wildman–Crippen MR) is 109 cm³/mol. The normalized spacial score (nSPS) is 10.8. The molecule has 0 saturated carbocycles. The number of para-hydroxylation sites is 1. The van der Waals surface area contributed by atoms with Crippen LogP contribution in [0.2, 0.25) is 0 Å². The van der Waals surface area contributed by atoms with Crippen LogP contribution < -0.4 is 10.6 Å². The van der Waals surface area contributed by atoms with Crippen molar-refractivity contribution in [3.8, 4) is 5.69 Å². The molecule has 0 unspecified atom stereocenters. The third kappa shape index (κ3) is 3.83. The average molecular weight is 372 g/mol. The van der Waals surface area contributed by atoms with E-state index < -0.39 is 0 Å². The molecule has 7 nitrogen and oxygen atoms in total. The van der Waals surface area contributed by atoms with Gasteiger partial charge in [0, 0.05) is 41.1 Å². The van der Waals surface area contributed by atoms with E-state index in [2.05, 4.69) is 25.8 Å². The molecule has 0 aliphatic rings. The second kappa shape index (κ2) is 7.87. The Kier molecular flexibility index (Phi) is 4.97. The van der Waals surface area contributed by atoms with Crippen LogP contribution in [0.15, 0.2) is 67.3 Å². The third-order valence-electron chi connectivity index (χ3n) is 4.42. The number of benzene rings is 2. The number of carbonyl (C=O) groups excluding carboxylic acids is 1. The van der Waals surface area contributed by atoms with E-state index in [0.717, 1.165) is 28.0 Å². The molecular formula is C21H20N6O. The van der Waals surface area contributed by atoms with Crippen molar-refractivity contribution in [2.75, 3.05) is 18.4 Å². The number of fused-ring (bicyclic) bond motifs is 1. The molecule has 28 heavy (non-hydrogen) atoms. The zero-order chi connectivity index (χ0) is 19.3. The van der Waals surface area contributed by atoms with E-state index in [1.54, 1.807) is 29.4 Å². The average Bonchev–Trinajstić information content (AvgIpc) is 3.26. The second-order valence-corrected chi connectivity index (χ2v) is 6.43. The summed E-state index contributed by atoms with van der Waals surface area (Å²) in [6.45, 7) is 3.11. The van der Waals surface area contributed by atoms with Gasteiger partial charge < -0.3 is 10.6 Å². The van der Waals surface area contributed by atoms with Gasteiger partial charge in [-0.15, -0.1) is 10.2 Å². The molecule has 0 aliphatic heterocycles. The standard InChI is InChI=1S/C21H20N6O/c1-15-12-20(18-4-2-3-5-19(18)26-15)22-10-11-23-21(28)16-6-8-17(9-7-16)27-13-24-25-14-27/h2-9,12-14H,10-11H2,1H3,(H,22,26)(H,23,28). The zero-order valence-corrected chi connectivity index (χ0v) is 15.5. The van der Waals surface area contributed by atoms with Gasteiger partial charge in [0.25, 0.3) is 5.91 Å². The maximum atomic E-state index is 12.3. The summed E-state index contributed by atoms with van der Waals surface area (Å²) in [5, 5.41) is 15.0. The molecule has 140 valence electrons. The summed E-state index contributed by atoms with van der Waals surface area (Å²) in [6, 6.07) is 17.3. The Balaban J connectivity index is 1.34. The van der Waals surface area contributed by atoms with Crippen LogP contribution in [0.5, 0.6) is 0 Å². The summed E-state index contributed by atoms with van der Waals surface area (Å²) < 4.78 is 1.78. The highest BCUT2D eigenvalue weighted by molar-refractivity contribution is 5.94. The maximum Gasteiger partial charge on any atom is 0.251 e. The molecule has 0 bridgehead atoms. The number of carbonyl (C=O) groups is 1. The van der Waals surface area contributed by atoms with Gasteiger partial charge in [0.2, 0.25) is 0 Å². The van der Waals surface area contributed by atoms with E-state index in [4.69, 9.17) is 0 Å². The lowest BCUT2D eigenvalue weighted by molar-refractivity contribution is 0.0955. The van der Waals surface area contributed by atoms with Crippen molar-refractivity contribution in [1.29, 1.82) is 0 Å². The highest BCUT2D eigenvalue weighted by Gasteiger charge is 2.06. The summed E-state index contributed by atoms with van der Waals surface area (Å²) in [5.74, 6) is -0.104. The summed E-state index contributed by atoms with van der Waals surface area (Å²) in [6.07, 6.45) is 3.23. The molecule has 7 heteroatoms. The molecule has 2 aromatic heterocycles. The maximum absolute atomic E-state index is 12.3. The van der Waals surface area contributed by atoms with Gasteiger partial charge in [0.05, 0.1) is 5.52 Å². The van der Waals surface area contributed by atoms with Gasteiger partial charge in [0.1, 0.15) is 12.7 Å². The first kappa shape index (κ1) is 17.7. The summed E-state index contributed by atoms with van der Waals surface area (Å²) >= 11 is 0. The minimum Gasteiger partial charge on any atom is -0.383 e. The van der Waals surface area contributed by atoms with E-state index in [9.17, 15) is 4.79 Å². The first-order chi connectivity index (χ1) is 13.7. The van der Waals surface area contributed by atoms with Gasteiger partial charge in [0.15, 0.2) is 0 Å². The molecule has 4 rings (SSSR count). The number of rotatable bonds is 6. The van der Waals surface area contributed by atoms with Crippen LogP contribution in [0.1, 0.15) is 16.1 Å². The number of aryl methyl sites for hydroxylation is 1. The van der Waals surface area contributed by atoms with Gasteiger partial charge in [-0.2, -0.15) is 0 Å². The molecule has 0 atom stereocenters. The highest BCUT2D eigenvalue weighted by atomic mass is 16.1. The predicted octanol–water partition coefficient (Wildman–Crippen LogP) is 2.97. The van der Waals surface area contributed by atoms with Crippen LogP contribution in [-0.4, -0.2) is 38.7 Å². The van der Waals surface area contributed by atoms with Crippen molar-refractivity contribution in [3.05, 3.63) is 78.5 Å². The van der Waals surface area contributed by atoms with Crippen molar-refractivity contribution in [3.63, 3.8) is 0 Å². The Labute approximate surface area is 162 Å². The highest BCUT2D eigenvalue weighted by Crippen LogP contribution is 2.22. The monoisotopic (exact) mass is 372 g/mol. The number of hydrogen-bond acceptors (Lipinski definition) is 5. The largest absolute Gasteiger partial charge is 0.383 e. The lowest BCUT2D eigenvalue weighted by Gasteiger charge is -2.11. The van der Waals surface area contributed by atoms with Gasteiger partial charge >= 0.3 is 0 Å². The first-order valence-corrected chi connectivity index (χ1v) is 9.04. The van der Waals surface area contributed by atoms with Crippen LogP contribution in [0, 0.1) is 6.92 Å². The van der Waals surface area contributed by atoms with Crippen molar-refractivity contribution in [1.82, 2.24) is 25.1 Å². The van der Waals surface area contributed by atoms with Gasteiger partial charge in [-0.25, -0.2) is 0 Å². The summed E-state index contributed by atoms with van der Waals surface area (Å²) in [5.41, 5.74) is 4.46. The molecule has 2 aromatic carbocycles. The molecular weight excluding hydrogens is 352 g/mol. The molecule has 1 amide bonds. The van der Waals surface area contributed by atoms with E-state index in [0.29, 0.717) is 18.7 Å². The quantitative estimate of drug-likeness (QED) is 0.508. The topological polar surface area (TPSA) is 84.7 Å². The SMILES string of the molecule is Cc1cc(NCCNC(=O)c2ccc(-n3cnnc3)cc2)c2ccccc2n1. The van der Waals surface area contributed by atoms with Crippen LogP contribution in [0.3, 0.4) is 0 Å². The fraction of sp³-hybridized carbons (Fsp3) is 0.143. The summed E-state index contributed by atoms with van der Waals surface area (Å²) in [4.78, 5) is 16.9. The molecule has 4 aromatic rings. The Morgan fingerprint density at radius 1 is 1.00 bits per heavy atom. The Morgan fingerprint density at radius 2 is 1.75 bits per heavy atom. The van der Waals surface area contributed by atoms with E-state index in [1.807, 2.05) is 49.4 Å². The van der Waals surface area contributed by atoms with Crippen LogP contribution >= 0.6 is 0 Å². The van der Waals surface area contributed by atoms with Crippen LogP contribution in [0.4, 0.5) is 5.69 Å². The van der Waals surface area contributed by atoms with E-state index in [1.165, 1.54) is 0 Å². The molecule has 0 radical (unpaired) electrons. The number of aromatic nitrogens is 4. The van der Waals surface area contributed by atoms with E-state index in [-0.39, 0.29) is 5.91 Å². The van der Waals surface area contributed by atoms with Crippen molar-refractivity contribution >= 4 is 22.5 Å². The number of pyridine rings is 1. The number of amides is 1. The van der Waals surface area contributed by atoms with Crippen molar-refractivity contribution in [2.24, 2.45) is 0 Å². The smallest absolute Gasteiger partial charge is 0.251 e. The minimum atomic E-state index is -0.104. The number of nitrogens with one attached hydrogen (secondary N) is 2. The molecule has 0 aliphatic carbocycles. The van der Waals surface area contributed by atoms with Crippen LogP contribution in [-0.2, 0) is 0 Å². The van der Waals surface area contributed by atoms with Gasteiger partial charge in [-0.3, -0.25) is 14.3 Å². The number of anilines is 1. The molecule has 0 spiro atoms. The van der Waals surface area contributed by atoms with Crippen molar-refractivity contribution in [2.45, 2.75) is 6.92 Å². The molecule has 2 heterocycles. The zero-order valence-electron chi connectivity index (χ0n) is 15.5. The Morgan fingerprint density at radius 3 is 2.54 bits per heavy atom. The van der Waals surface area contributed by atoms with Gasteiger partial charge in [-0.1, -0.05) is 18.2 Å². The first-order valence-electron chi connectivity index (χ1n) is 9.04. The van der Waals surface area contributed by atoms with Crippen molar-refractivity contribution < 1.29 is 4.79 Å². The molecule has 0 saturated heterocycles. The number of nitrogens with zero attached hydrogens (tertiary/aromatic N) is 4. The van der Waals surface area contributed by atoms with Crippen LogP contribution in [0.25, 0.3) is 16.6 Å². The molecule has 2 N–H and O–H groups in total. The lowest BCUT2D eigenvalue weighted by atomic mass is 10.1. The summed E-state index contributed by atoms with van der Waals surface area (Å²) in [7, 11) is 0. The third-order valence-corrected chi connectivity index (χ3v) is 4.42. The fourth-order valence-electron chi connectivity index (χ4n) is 3.05. The number of hydrogen-bond donors (Lipinski definition) is 2. The minimum absolute atomic E-state index is 0.104. The fourth-order valence-corrected chi connectivity index (χ4v) is 3.05. The lowest BCUT2D eigenvalue weighted by Crippen LogP contribution is -2.28. The molecule has 0 fully saturated rings. The second-order valence-electron chi connectivity index (χ2n) is 6.43. The van der Waals surface area contributed by atoms with Gasteiger partial charge in [-0.05, 0) is 43.3 Å². The Bertz CT molecular complexity index is 1090.